The maximum Gasteiger partial charge on any atom is 0.0360 e. The highest BCUT2D eigenvalue weighted by Gasteiger charge is 2.07. The molecule has 0 aliphatic heterocycles. The van der Waals surface area contributed by atoms with Crippen LogP contribution in [0.3, 0.4) is 0 Å². The molecule has 0 radical (unpaired) electrons. The number of hydrogen-bond donors (Lipinski definition) is 1. The highest BCUT2D eigenvalue weighted by atomic mass is 32.2. The Hall–Kier alpha value is 0.110. The summed E-state index contributed by atoms with van der Waals surface area (Å²) in [6, 6.07) is 0.650. The molecule has 0 aromatic rings. The Bertz CT molecular complexity index is 187. The van der Waals surface area contributed by atoms with E-state index < -0.39 is 10.8 Å². The molecule has 1 N–H and O–H groups in total. The maximum atomic E-state index is 11.4. The van der Waals surface area contributed by atoms with Crippen LogP contribution in [0.1, 0.15) is 72.1 Å². The van der Waals surface area contributed by atoms with E-state index in [4.69, 9.17) is 0 Å². The first-order chi connectivity index (χ1) is 8.74. The summed E-state index contributed by atoms with van der Waals surface area (Å²) in [5, 5.41) is 3.61. The lowest BCUT2D eigenvalue weighted by Gasteiger charge is -2.18. The van der Waals surface area contributed by atoms with Gasteiger partial charge in [-0.2, -0.15) is 0 Å². The normalized spacial score (nSPS) is 13.1. The number of nitrogens with one attached hydrogen (secondary N) is 1. The molecule has 0 saturated carbocycles. The second-order valence-corrected chi connectivity index (χ2v) is 6.94. The third-order valence-corrected chi connectivity index (χ3v) is 4.70. The van der Waals surface area contributed by atoms with Gasteiger partial charge in [0, 0.05) is 34.9 Å². The molecule has 1 unspecified atom stereocenters. The minimum Gasteiger partial charge on any atom is -0.313 e. The van der Waals surface area contributed by atoms with Gasteiger partial charge < -0.3 is 5.32 Å². The van der Waals surface area contributed by atoms with E-state index in [1.807, 2.05) is 6.92 Å². The lowest BCUT2D eigenvalue weighted by molar-refractivity contribution is 0.428. The summed E-state index contributed by atoms with van der Waals surface area (Å²) in [4.78, 5) is 0. The van der Waals surface area contributed by atoms with Gasteiger partial charge in [-0.15, -0.1) is 0 Å². The van der Waals surface area contributed by atoms with Crippen LogP contribution in [0.2, 0.25) is 0 Å². The van der Waals surface area contributed by atoms with Crippen LogP contribution in [-0.2, 0) is 10.8 Å². The minimum atomic E-state index is -0.621. The molecular formula is C15H33NOS. The van der Waals surface area contributed by atoms with Crippen LogP contribution in [0, 0.1) is 0 Å². The van der Waals surface area contributed by atoms with Gasteiger partial charge in [-0.1, -0.05) is 59.3 Å². The number of unbranched alkanes of at least 4 members (excludes halogenated alkanes) is 4. The first-order valence-corrected chi connectivity index (χ1v) is 9.31. The summed E-state index contributed by atoms with van der Waals surface area (Å²) >= 11 is 0. The van der Waals surface area contributed by atoms with Crippen LogP contribution in [0.25, 0.3) is 0 Å². The van der Waals surface area contributed by atoms with Crippen molar-refractivity contribution in [3.05, 3.63) is 0 Å². The molecule has 0 aromatic heterocycles. The first kappa shape index (κ1) is 18.1. The van der Waals surface area contributed by atoms with Gasteiger partial charge in [0.1, 0.15) is 0 Å². The third-order valence-electron chi connectivity index (χ3n) is 3.40. The second kappa shape index (κ2) is 13.5. The zero-order valence-corrected chi connectivity index (χ0v) is 13.5. The van der Waals surface area contributed by atoms with Crippen LogP contribution in [0.5, 0.6) is 0 Å². The second-order valence-electron chi connectivity index (χ2n) is 5.08. The summed E-state index contributed by atoms with van der Waals surface area (Å²) in [5.41, 5.74) is 0. The third kappa shape index (κ3) is 11.2. The summed E-state index contributed by atoms with van der Waals surface area (Å²) < 4.78 is 11.4. The van der Waals surface area contributed by atoms with Crippen molar-refractivity contribution in [2.45, 2.75) is 78.2 Å². The molecule has 1 atom stereocenters. The Balaban J connectivity index is 3.76. The smallest absolute Gasteiger partial charge is 0.0360 e. The van der Waals surface area contributed by atoms with Gasteiger partial charge in [0.25, 0.3) is 0 Å². The Labute approximate surface area is 117 Å². The Kier molecular flexibility index (Phi) is 13.6. The molecule has 0 aliphatic rings. The molecule has 0 spiro atoms. The van der Waals surface area contributed by atoms with Gasteiger partial charge in [0.2, 0.25) is 0 Å². The molecule has 110 valence electrons. The zero-order chi connectivity index (χ0) is 13.6. The molecule has 0 saturated heterocycles. The van der Waals surface area contributed by atoms with E-state index in [0.29, 0.717) is 6.04 Å². The van der Waals surface area contributed by atoms with Crippen molar-refractivity contribution in [2.24, 2.45) is 0 Å². The fraction of sp³-hybridized carbons (Fsp3) is 1.00. The van der Waals surface area contributed by atoms with Gasteiger partial charge in [-0.25, -0.2) is 0 Å². The van der Waals surface area contributed by atoms with E-state index in [1.165, 1.54) is 51.4 Å². The molecule has 0 rings (SSSR count). The molecule has 3 heteroatoms. The van der Waals surface area contributed by atoms with Crippen LogP contribution in [0.4, 0.5) is 0 Å². The topological polar surface area (TPSA) is 29.1 Å². The molecule has 0 fully saturated rings. The molecule has 0 bridgehead atoms. The SMILES string of the molecule is CCCCCC(CCCCC)NCCS(=O)CC. The molecular weight excluding hydrogens is 242 g/mol. The largest absolute Gasteiger partial charge is 0.313 e. The summed E-state index contributed by atoms with van der Waals surface area (Å²) in [6.45, 7) is 7.42. The summed E-state index contributed by atoms with van der Waals surface area (Å²) in [5.74, 6) is 1.60. The molecule has 0 aromatic carbocycles. The first-order valence-electron chi connectivity index (χ1n) is 7.82. The summed E-state index contributed by atoms with van der Waals surface area (Å²) in [6.07, 6.45) is 10.5. The van der Waals surface area contributed by atoms with Crippen molar-refractivity contribution in [1.29, 1.82) is 0 Å². The van der Waals surface area contributed by atoms with Gasteiger partial charge in [-0.3, -0.25) is 4.21 Å². The van der Waals surface area contributed by atoms with Crippen LogP contribution in [0.15, 0.2) is 0 Å². The van der Waals surface area contributed by atoms with Crippen molar-refractivity contribution in [3.8, 4) is 0 Å². The van der Waals surface area contributed by atoms with Crippen LogP contribution >= 0.6 is 0 Å². The van der Waals surface area contributed by atoms with Crippen LogP contribution in [-0.4, -0.2) is 28.3 Å². The molecule has 0 heterocycles. The quantitative estimate of drug-likeness (QED) is 0.517. The average molecular weight is 276 g/mol. The number of hydrogen-bond acceptors (Lipinski definition) is 2. The van der Waals surface area contributed by atoms with E-state index in [9.17, 15) is 4.21 Å². The Morgan fingerprint density at radius 2 is 1.50 bits per heavy atom. The van der Waals surface area contributed by atoms with E-state index in [1.54, 1.807) is 0 Å². The van der Waals surface area contributed by atoms with Crippen LogP contribution < -0.4 is 5.32 Å². The Morgan fingerprint density at radius 1 is 0.944 bits per heavy atom. The van der Waals surface area contributed by atoms with E-state index in [2.05, 4.69) is 19.2 Å². The van der Waals surface area contributed by atoms with Crippen molar-refractivity contribution in [2.75, 3.05) is 18.1 Å². The fourth-order valence-electron chi connectivity index (χ4n) is 2.15. The summed E-state index contributed by atoms with van der Waals surface area (Å²) in [7, 11) is -0.621. The van der Waals surface area contributed by atoms with E-state index in [0.717, 1.165) is 18.1 Å². The Morgan fingerprint density at radius 3 is 1.94 bits per heavy atom. The van der Waals surface area contributed by atoms with Gasteiger partial charge >= 0.3 is 0 Å². The average Bonchev–Trinajstić information content (AvgIpc) is 2.38. The van der Waals surface area contributed by atoms with Gasteiger partial charge in [0.05, 0.1) is 0 Å². The van der Waals surface area contributed by atoms with Gasteiger partial charge in [0.15, 0.2) is 0 Å². The lowest BCUT2D eigenvalue weighted by atomic mass is 10.0. The fourth-order valence-corrected chi connectivity index (χ4v) is 2.79. The van der Waals surface area contributed by atoms with Crippen molar-refractivity contribution in [3.63, 3.8) is 0 Å². The van der Waals surface area contributed by atoms with Crippen molar-refractivity contribution < 1.29 is 4.21 Å². The van der Waals surface area contributed by atoms with Crippen molar-refractivity contribution in [1.82, 2.24) is 5.32 Å². The molecule has 0 amide bonds. The van der Waals surface area contributed by atoms with E-state index in [-0.39, 0.29) is 0 Å². The lowest BCUT2D eigenvalue weighted by Crippen LogP contribution is -2.32. The highest BCUT2D eigenvalue weighted by molar-refractivity contribution is 7.84. The highest BCUT2D eigenvalue weighted by Crippen LogP contribution is 2.10. The molecule has 18 heavy (non-hydrogen) atoms. The maximum absolute atomic E-state index is 11.4. The van der Waals surface area contributed by atoms with E-state index >= 15 is 0 Å². The monoisotopic (exact) mass is 275 g/mol. The predicted octanol–water partition coefficient (Wildman–Crippen LogP) is 3.87. The predicted molar refractivity (Wildman–Crippen MR) is 83.6 cm³/mol. The number of rotatable bonds is 13. The minimum absolute atomic E-state index is 0.621. The molecule has 2 nitrogen and oxygen atoms in total. The zero-order valence-electron chi connectivity index (χ0n) is 12.7. The van der Waals surface area contributed by atoms with Crippen molar-refractivity contribution >= 4 is 10.8 Å². The standard InChI is InChI=1S/C15H33NOS/c1-4-7-9-11-15(12-10-8-5-2)16-13-14-18(17)6-3/h15-16H,4-14H2,1-3H3. The van der Waals surface area contributed by atoms with Gasteiger partial charge in [-0.05, 0) is 12.8 Å². The molecule has 0 aliphatic carbocycles.